The molecule has 1 unspecified atom stereocenters. The minimum atomic E-state index is -0.368. The minimum absolute atomic E-state index is 0.282. The monoisotopic (exact) mass is 205 g/mol. The van der Waals surface area contributed by atoms with Crippen molar-refractivity contribution in [2.24, 2.45) is 0 Å². The zero-order chi connectivity index (χ0) is 11.3. The molecule has 0 aromatic carbocycles. The maximum absolute atomic E-state index is 11.3. The van der Waals surface area contributed by atoms with E-state index < -0.39 is 0 Å². The number of carbonyl (C=O) groups is 1. The van der Waals surface area contributed by atoms with Gasteiger partial charge in [-0.1, -0.05) is 19.6 Å². The molecule has 0 aliphatic heterocycles. The Bertz CT molecular complexity index is 346. The highest BCUT2D eigenvalue weighted by Crippen LogP contribution is 2.19. The van der Waals surface area contributed by atoms with Crippen LogP contribution in [0.1, 0.15) is 32.1 Å². The molecule has 1 aromatic heterocycles. The summed E-state index contributed by atoms with van der Waals surface area (Å²) in [6, 6.07) is 5.55. The van der Waals surface area contributed by atoms with Crippen molar-refractivity contribution in [1.82, 2.24) is 4.98 Å². The van der Waals surface area contributed by atoms with Gasteiger partial charge in [-0.15, -0.1) is 0 Å². The molecular formula is C12H15NO2. The average Bonchev–Trinajstić information content (AvgIpc) is 2.26. The van der Waals surface area contributed by atoms with E-state index in [0.717, 1.165) is 5.69 Å². The Hall–Kier alpha value is -1.64. The summed E-state index contributed by atoms with van der Waals surface area (Å²) in [7, 11) is 0. The molecule has 0 saturated carbocycles. The standard InChI is InChI=1S/C12H15NO2/c1-4-11(15-12(14)9(2)3)10-7-5-6-8-13-10/h5-8,11H,2,4H2,1,3H3. The van der Waals surface area contributed by atoms with Gasteiger partial charge in [0.15, 0.2) is 0 Å². The molecule has 3 nitrogen and oxygen atoms in total. The lowest BCUT2D eigenvalue weighted by Gasteiger charge is -2.15. The van der Waals surface area contributed by atoms with E-state index in [-0.39, 0.29) is 12.1 Å². The first-order valence-electron chi connectivity index (χ1n) is 4.92. The summed E-state index contributed by atoms with van der Waals surface area (Å²) < 4.78 is 5.25. The van der Waals surface area contributed by atoms with Crippen molar-refractivity contribution in [2.75, 3.05) is 0 Å². The first kappa shape index (κ1) is 11.4. The highest BCUT2D eigenvalue weighted by atomic mass is 16.5. The normalized spacial score (nSPS) is 11.9. The molecule has 0 N–H and O–H groups in total. The quantitative estimate of drug-likeness (QED) is 0.560. The first-order chi connectivity index (χ1) is 7.15. The van der Waals surface area contributed by atoms with Crippen LogP contribution in [-0.4, -0.2) is 11.0 Å². The topological polar surface area (TPSA) is 39.2 Å². The SMILES string of the molecule is C=C(C)C(=O)OC(CC)c1ccccn1. The van der Waals surface area contributed by atoms with Crippen LogP contribution in [-0.2, 0) is 9.53 Å². The van der Waals surface area contributed by atoms with Gasteiger partial charge in [0.05, 0.1) is 5.69 Å². The number of pyridine rings is 1. The fraction of sp³-hybridized carbons (Fsp3) is 0.333. The maximum Gasteiger partial charge on any atom is 0.333 e. The van der Waals surface area contributed by atoms with Crippen molar-refractivity contribution in [3.05, 3.63) is 42.2 Å². The van der Waals surface area contributed by atoms with Crippen LogP contribution < -0.4 is 0 Å². The maximum atomic E-state index is 11.3. The largest absolute Gasteiger partial charge is 0.453 e. The summed E-state index contributed by atoms with van der Waals surface area (Å²) in [4.78, 5) is 15.5. The van der Waals surface area contributed by atoms with Crippen molar-refractivity contribution in [1.29, 1.82) is 0 Å². The Morgan fingerprint density at radius 2 is 2.33 bits per heavy atom. The van der Waals surface area contributed by atoms with Gasteiger partial charge in [-0.25, -0.2) is 4.79 Å². The Balaban J connectivity index is 2.73. The van der Waals surface area contributed by atoms with Gasteiger partial charge in [0.2, 0.25) is 0 Å². The van der Waals surface area contributed by atoms with E-state index in [1.807, 2.05) is 25.1 Å². The molecule has 0 aliphatic carbocycles. The Morgan fingerprint density at radius 3 is 2.80 bits per heavy atom. The molecule has 0 saturated heterocycles. The number of hydrogen-bond acceptors (Lipinski definition) is 3. The molecule has 0 aliphatic rings. The molecule has 0 amide bonds. The van der Waals surface area contributed by atoms with Gasteiger partial charge in [-0.2, -0.15) is 0 Å². The number of ether oxygens (including phenoxy) is 1. The molecule has 1 heterocycles. The molecule has 0 spiro atoms. The second-order valence-electron chi connectivity index (χ2n) is 3.34. The zero-order valence-corrected chi connectivity index (χ0v) is 9.06. The van der Waals surface area contributed by atoms with Crippen LogP contribution in [0.3, 0.4) is 0 Å². The average molecular weight is 205 g/mol. The summed E-state index contributed by atoms with van der Waals surface area (Å²) in [5.41, 5.74) is 1.18. The van der Waals surface area contributed by atoms with Gasteiger partial charge in [-0.05, 0) is 25.5 Å². The Morgan fingerprint density at radius 1 is 1.60 bits per heavy atom. The van der Waals surface area contributed by atoms with E-state index >= 15 is 0 Å². The summed E-state index contributed by atoms with van der Waals surface area (Å²) in [6.45, 7) is 7.12. The molecule has 3 heteroatoms. The summed E-state index contributed by atoms with van der Waals surface area (Å²) in [5.74, 6) is -0.368. The van der Waals surface area contributed by atoms with Crippen LogP contribution in [0.25, 0.3) is 0 Å². The van der Waals surface area contributed by atoms with Crippen molar-refractivity contribution >= 4 is 5.97 Å². The van der Waals surface area contributed by atoms with E-state index in [9.17, 15) is 4.79 Å². The highest BCUT2D eigenvalue weighted by Gasteiger charge is 2.15. The minimum Gasteiger partial charge on any atom is -0.453 e. The number of hydrogen-bond donors (Lipinski definition) is 0. The highest BCUT2D eigenvalue weighted by molar-refractivity contribution is 5.87. The lowest BCUT2D eigenvalue weighted by molar-refractivity contribution is -0.144. The molecule has 1 rings (SSSR count). The van der Waals surface area contributed by atoms with Crippen molar-refractivity contribution in [2.45, 2.75) is 26.4 Å². The summed E-state index contributed by atoms with van der Waals surface area (Å²) in [5, 5.41) is 0. The number of esters is 1. The van der Waals surface area contributed by atoms with Gasteiger partial charge < -0.3 is 4.74 Å². The fourth-order valence-electron chi connectivity index (χ4n) is 1.15. The van der Waals surface area contributed by atoms with Crippen LogP contribution in [0.5, 0.6) is 0 Å². The lowest BCUT2D eigenvalue weighted by atomic mass is 10.2. The molecular weight excluding hydrogens is 190 g/mol. The van der Waals surface area contributed by atoms with E-state index in [2.05, 4.69) is 11.6 Å². The third kappa shape index (κ3) is 3.20. The predicted octanol–water partition coefficient (Wildman–Crippen LogP) is 2.65. The Labute approximate surface area is 89.8 Å². The second-order valence-corrected chi connectivity index (χ2v) is 3.34. The second kappa shape index (κ2) is 5.29. The van der Waals surface area contributed by atoms with Crippen LogP contribution >= 0.6 is 0 Å². The number of nitrogens with zero attached hydrogens (tertiary/aromatic N) is 1. The van der Waals surface area contributed by atoms with E-state index in [0.29, 0.717) is 12.0 Å². The molecule has 0 fully saturated rings. The van der Waals surface area contributed by atoms with Crippen molar-refractivity contribution in [3.8, 4) is 0 Å². The zero-order valence-electron chi connectivity index (χ0n) is 9.06. The van der Waals surface area contributed by atoms with Crippen LogP contribution in [0.15, 0.2) is 36.5 Å². The molecule has 80 valence electrons. The third-order valence-electron chi connectivity index (χ3n) is 1.99. The molecule has 0 bridgehead atoms. The predicted molar refractivity (Wildman–Crippen MR) is 58.2 cm³/mol. The third-order valence-corrected chi connectivity index (χ3v) is 1.99. The van der Waals surface area contributed by atoms with Crippen molar-refractivity contribution < 1.29 is 9.53 Å². The summed E-state index contributed by atoms with van der Waals surface area (Å²) in [6.07, 6.45) is 2.11. The van der Waals surface area contributed by atoms with E-state index in [1.54, 1.807) is 13.1 Å². The fourth-order valence-corrected chi connectivity index (χ4v) is 1.15. The molecule has 15 heavy (non-hydrogen) atoms. The van der Waals surface area contributed by atoms with Gasteiger partial charge >= 0.3 is 5.97 Å². The number of rotatable bonds is 4. The first-order valence-corrected chi connectivity index (χ1v) is 4.92. The number of carbonyl (C=O) groups excluding carboxylic acids is 1. The van der Waals surface area contributed by atoms with E-state index in [4.69, 9.17) is 4.74 Å². The Kier molecular flexibility index (Phi) is 4.03. The van der Waals surface area contributed by atoms with Gasteiger partial charge in [-0.3, -0.25) is 4.98 Å². The smallest absolute Gasteiger partial charge is 0.333 e. The van der Waals surface area contributed by atoms with E-state index in [1.165, 1.54) is 0 Å². The van der Waals surface area contributed by atoms with Crippen molar-refractivity contribution in [3.63, 3.8) is 0 Å². The van der Waals surface area contributed by atoms with Crippen LogP contribution in [0.2, 0.25) is 0 Å². The van der Waals surface area contributed by atoms with Gasteiger partial charge in [0.25, 0.3) is 0 Å². The van der Waals surface area contributed by atoms with Gasteiger partial charge in [0.1, 0.15) is 6.10 Å². The van der Waals surface area contributed by atoms with Gasteiger partial charge in [0, 0.05) is 11.8 Å². The molecule has 1 atom stereocenters. The lowest BCUT2D eigenvalue weighted by Crippen LogP contribution is -2.12. The molecule has 1 aromatic rings. The van der Waals surface area contributed by atoms with Crippen LogP contribution in [0, 0.1) is 0 Å². The van der Waals surface area contributed by atoms with Crippen LogP contribution in [0.4, 0.5) is 0 Å². The summed E-state index contributed by atoms with van der Waals surface area (Å²) >= 11 is 0. The molecule has 0 radical (unpaired) electrons. The number of aromatic nitrogens is 1.